The number of nitro groups is 1. The van der Waals surface area contributed by atoms with Gasteiger partial charge in [-0.15, -0.1) is 0 Å². The van der Waals surface area contributed by atoms with Crippen molar-refractivity contribution in [1.82, 2.24) is 0 Å². The van der Waals surface area contributed by atoms with Crippen molar-refractivity contribution in [3.05, 3.63) is 62.6 Å². The van der Waals surface area contributed by atoms with Crippen molar-refractivity contribution in [3.63, 3.8) is 0 Å². The molecule has 0 unspecified atom stereocenters. The van der Waals surface area contributed by atoms with Gasteiger partial charge in [-0.3, -0.25) is 14.9 Å². The van der Waals surface area contributed by atoms with Gasteiger partial charge in [0.2, 0.25) is 0 Å². The van der Waals surface area contributed by atoms with Crippen molar-refractivity contribution in [1.29, 1.82) is 0 Å². The van der Waals surface area contributed by atoms with Gasteiger partial charge in [0, 0.05) is 33.5 Å². The number of hydrogen-bond acceptors (Lipinski definition) is 4. The summed E-state index contributed by atoms with van der Waals surface area (Å²) < 4.78 is 0.699. The van der Waals surface area contributed by atoms with Crippen LogP contribution in [0.4, 0.5) is 17.1 Å². The Morgan fingerprint density at radius 3 is 2.65 bits per heavy atom. The summed E-state index contributed by atoms with van der Waals surface area (Å²) >= 11 is 3.24. The number of amides is 1. The van der Waals surface area contributed by atoms with Crippen LogP contribution >= 0.6 is 15.9 Å². The molecule has 1 amide bonds. The lowest BCUT2D eigenvalue weighted by Gasteiger charge is -2.06. The number of nitrogens with one attached hydrogen (secondary N) is 1. The van der Waals surface area contributed by atoms with Crippen LogP contribution in [0.3, 0.4) is 0 Å². The standard InChI is InChI=1S/C13H10BrN3O3/c14-11-5-4-8(6-12(11)15)13(18)16-9-2-1-3-10(7-9)17(19)20/h1-7H,15H2,(H,16,18). The Hall–Kier alpha value is -2.41. The van der Waals surface area contributed by atoms with Gasteiger partial charge >= 0.3 is 0 Å². The fraction of sp³-hybridized carbons (Fsp3) is 0. The van der Waals surface area contributed by atoms with E-state index < -0.39 is 4.92 Å². The molecule has 0 saturated carbocycles. The van der Waals surface area contributed by atoms with Crippen LogP contribution in [0.2, 0.25) is 0 Å². The molecule has 3 N–H and O–H groups in total. The Morgan fingerprint density at radius 1 is 1.25 bits per heavy atom. The van der Waals surface area contributed by atoms with Gasteiger partial charge in [0.05, 0.1) is 4.92 Å². The second-order valence-corrected chi connectivity index (χ2v) is 4.85. The van der Waals surface area contributed by atoms with Crippen molar-refractivity contribution in [2.75, 3.05) is 11.1 Å². The van der Waals surface area contributed by atoms with E-state index in [9.17, 15) is 14.9 Å². The number of carbonyl (C=O) groups excluding carboxylic acids is 1. The minimum Gasteiger partial charge on any atom is -0.398 e. The van der Waals surface area contributed by atoms with E-state index in [1.165, 1.54) is 24.3 Å². The van der Waals surface area contributed by atoms with Gasteiger partial charge in [0.25, 0.3) is 11.6 Å². The third kappa shape index (κ3) is 3.12. The highest BCUT2D eigenvalue weighted by molar-refractivity contribution is 9.10. The third-order valence-electron chi connectivity index (χ3n) is 2.57. The molecule has 0 atom stereocenters. The number of rotatable bonds is 3. The molecular formula is C13H10BrN3O3. The van der Waals surface area contributed by atoms with Crippen LogP contribution in [0.1, 0.15) is 10.4 Å². The molecule has 7 heteroatoms. The molecule has 2 aromatic carbocycles. The minimum atomic E-state index is -0.521. The summed E-state index contributed by atoms with van der Waals surface area (Å²) in [5, 5.41) is 13.2. The predicted octanol–water partition coefficient (Wildman–Crippen LogP) is 3.19. The molecule has 0 heterocycles. The zero-order valence-electron chi connectivity index (χ0n) is 10.2. The predicted molar refractivity (Wildman–Crippen MR) is 79.6 cm³/mol. The van der Waals surface area contributed by atoms with Gasteiger partial charge in [0.1, 0.15) is 0 Å². The van der Waals surface area contributed by atoms with Crippen LogP contribution in [0, 0.1) is 10.1 Å². The largest absolute Gasteiger partial charge is 0.398 e. The smallest absolute Gasteiger partial charge is 0.271 e. The molecule has 0 aliphatic rings. The molecule has 0 aromatic heterocycles. The lowest BCUT2D eigenvalue weighted by Crippen LogP contribution is -2.12. The summed E-state index contributed by atoms with van der Waals surface area (Å²) in [6.07, 6.45) is 0. The van der Waals surface area contributed by atoms with Crippen molar-refractivity contribution in [2.24, 2.45) is 0 Å². The summed E-state index contributed by atoms with van der Waals surface area (Å²) in [4.78, 5) is 22.1. The molecular weight excluding hydrogens is 326 g/mol. The quantitative estimate of drug-likeness (QED) is 0.511. The second kappa shape index (κ2) is 5.70. The zero-order chi connectivity index (χ0) is 14.7. The summed E-state index contributed by atoms with van der Waals surface area (Å²) in [5.41, 5.74) is 6.78. The minimum absolute atomic E-state index is 0.0851. The molecule has 0 bridgehead atoms. The number of nitro benzene ring substituents is 1. The average Bonchev–Trinajstić information content (AvgIpc) is 2.42. The summed E-state index contributed by atoms with van der Waals surface area (Å²) in [6.45, 7) is 0. The molecule has 0 radical (unpaired) electrons. The molecule has 0 aliphatic carbocycles. The van der Waals surface area contributed by atoms with Gasteiger partial charge in [-0.05, 0) is 40.2 Å². The maximum Gasteiger partial charge on any atom is 0.271 e. The van der Waals surface area contributed by atoms with E-state index in [1.54, 1.807) is 18.2 Å². The molecule has 2 rings (SSSR count). The Labute approximate surface area is 122 Å². The number of nitrogens with zero attached hydrogens (tertiary/aromatic N) is 1. The van der Waals surface area contributed by atoms with Crippen LogP contribution in [0.15, 0.2) is 46.9 Å². The number of nitrogen functional groups attached to an aromatic ring is 1. The molecule has 0 aliphatic heterocycles. The van der Waals surface area contributed by atoms with Crippen LogP contribution in [0.5, 0.6) is 0 Å². The van der Waals surface area contributed by atoms with Crippen LogP contribution < -0.4 is 11.1 Å². The third-order valence-corrected chi connectivity index (χ3v) is 3.30. The summed E-state index contributed by atoms with van der Waals surface area (Å²) in [7, 11) is 0. The van der Waals surface area contributed by atoms with Gasteiger partial charge < -0.3 is 11.1 Å². The van der Waals surface area contributed by atoms with Crippen LogP contribution in [0.25, 0.3) is 0 Å². The monoisotopic (exact) mass is 335 g/mol. The van der Waals surface area contributed by atoms with E-state index in [1.807, 2.05) is 0 Å². The van der Waals surface area contributed by atoms with E-state index in [-0.39, 0.29) is 11.6 Å². The van der Waals surface area contributed by atoms with E-state index in [2.05, 4.69) is 21.2 Å². The molecule has 0 saturated heterocycles. The number of halogens is 1. The number of hydrogen-bond donors (Lipinski definition) is 2. The maximum absolute atomic E-state index is 12.0. The summed E-state index contributed by atoms with van der Waals surface area (Å²) in [5.74, 6) is -0.385. The Morgan fingerprint density at radius 2 is 2.00 bits per heavy atom. The van der Waals surface area contributed by atoms with Crippen molar-refractivity contribution < 1.29 is 9.72 Å². The van der Waals surface area contributed by atoms with E-state index >= 15 is 0 Å². The first-order chi connectivity index (χ1) is 9.47. The van der Waals surface area contributed by atoms with E-state index in [0.29, 0.717) is 21.4 Å². The van der Waals surface area contributed by atoms with Gasteiger partial charge in [-0.2, -0.15) is 0 Å². The number of nitrogens with two attached hydrogens (primary N) is 1. The lowest BCUT2D eigenvalue weighted by molar-refractivity contribution is -0.384. The van der Waals surface area contributed by atoms with Gasteiger partial charge in [-0.1, -0.05) is 6.07 Å². The maximum atomic E-state index is 12.0. The molecule has 102 valence electrons. The van der Waals surface area contributed by atoms with Crippen molar-refractivity contribution in [2.45, 2.75) is 0 Å². The molecule has 2 aromatic rings. The van der Waals surface area contributed by atoms with Crippen LogP contribution in [-0.4, -0.2) is 10.8 Å². The van der Waals surface area contributed by atoms with Crippen LogP contribution in [-0.2, 0) is 0 Å². The fourth-order valence-corrected chi connectivity index (χ4v) is 1.83. The highest BCUT2D eigenvalue weighted by Gasteiger charge is 2.10. The Balaban J connectivity index is 2.21. The first kappa shape index (κ1) is 14.0. The van der Waals surface area contributed by atoms with E-state index in [0.717, 1.165) is 0 Å². The molecule has 6 nitrogen and oxygen atoms in total. The number of non-ortho nitro benzene ring substituents is 1. The zero-order valence-corrected chi connectivity index (χ0v) is 11.8. The average molecular weight is 336 g/mol. The topological polar surface area (TPSA) is 98.3 Å². The summed E-state index contributed by atoms with van der Waals surface area (Å²) in [6, 6.07) is 10.5. The van der Waals surface area contributed by atoms with Crippen molar-refractivity contribution in [3.8, 4) is 0 Å². The number of carbonyl (C=O) groups is 1. The number of benzene rings is 2. The van der Waals surface area contributed by atoms with Gasteiger partial charge in [-0.25, -0.2) is 0 Å². The normalized spacial score (nSPS) is 10.1. The van der Waals surface area contributed by atoms with Crippen molar-refractivity contribution >= 4 is 38.9 Å². The first-order valence-electron chi connectivity index (χ1n) is 5.58. The molecule has 20 heavy (non-hydrogen) atoms. The lowest BCUT2D eigenvalue weighted by atomic mass is 10.2. The van der Waals surface area contributed by atoms with Gasteiger partial charge in [0.15, 0.2) is 0 Å². The first-order valence-corrected chi connectivity index (χ1v) is 6.37. The highest BCUT2D eigenvalue weighted by Crippen LogP contribution is 2.22. The number of anilines is 2. The van der Waals surface area contributed by atoms with E-state index in [4.69, 9.17) is 5.73 Å². The molecule has 0 fully saturated rings. The Bertz CT molecular complexity index is 688. The SMILES string of the molecule is Nc1cc(C(=O)Nc2cccc([N+](=O)[O-])c2)ccc1Br. The second-order valence-electron chi connectivity index (χ2n) is 4.00. The Kier molecular flexibility index (Phi) is 3.99. The molecule has 0 spiro atoms. The highest BCUT2D eigenvalue weighted by atomic mass is 79.9. The fourth-order valence-electron chi connectivity index (χ4n) is 1.59.